The molecule has 0 N–H and O–H groups in total. The molecule has 1 fully saturated rings. The lowest BCUT2D eigenvalue weighted by Crippen LogP contribution is -2.39. The Morgan fingerprint density at radius 1 is 1.29 bits per heavy atom. The molecule has 3 aromatic heterocycles. The molecule has 6 nitrogen and oxygen atoms in total. The molecule has 0 spiro atoms. The second-order valence-electron chi connectivity index (χ2n) is 6.28. The van der Waals surface area contributed by atoms with E-state index in [2.05, 4.69) is 26.7 Å². The van der Waals surface area contributed by atoms with Crippen molar-refractivity contribution in [2.24, 2.45) is 0 Å². The zero-order valence-corrected chi connectivity index (χ0v) is 14.6. The van der Waals surface area contributed by atoms with Crippen LogP contribution in [-0.4, -0.2) is 43.2 Å². The average molecular weight is 341 g/mol. The van der Waals surface area contributed by atoms with E-state index in [1.165, 1.54) is 16.9 Å². The van der Waals surface area contributed by atoms with Gasteiger partial charge in [-0.25, -0.2) is 15.0 Å². The largest absolute Gasteiger partial charge is 0.338 e. The highest BCUT2D eigenvalue weighted by Crippen LogP contribution is 2.33. The second kappa shape index (κ2) is 5.98. The van der Waals surface area contributed by atoms with E-state index in [4.69, 9.17) is 4.98 Å². The van der Waals surface area contributed by atoms with E-state index in [0.717, 1.165) is 30.9 Å². The molecule has 7 heteroatoms. The zero-order chi connectivity index (χ0) is 16.7. The number of carbonyl (C=O) groups excluding carboxylic acids is 1. The summed E-state index contributed by atoms with van der Waals surface area (Å²) in [5.74, 6) is 1.32. The SMILES string of the molecule is Cc1csc2c(C3CCCN(C(=O)c4cncnc4)C3)nc(C)n12. The molecular formula is C17H19N5OS. The Morgan fingerprint density at radius 3 is 2.88 bits per heavy atom. The minimum Gasteiger partial charge on any atom is -0.338 e. The molecule has 0 radical (unpaired) electrons. The smallest absolute Gasteiger partial charge is 0.257 e. The molecule has 0 aromatic carbocycles. The second-order valence-corrected chi connectivity index (χ2v) is 7.14. The highest BCUT2D eigenvalue weighted by Gasteiger charge is 2.29. The number of aromatic nitrogens is 4. The van der Waals surface area contributed by atoms with Crippen LogP contribution in [0, 0.1) is 13.8 Å². The number of amides is 1. The molecule has 1 aliphatic heterocycles. The van der Waals surface area contributed by atoms with Gasteiger partial charge >= 0.3 is 0 Å². The summed E-state index contributed by atoms with van der Waals surface area (Å²) in [6.07, 6.45) is 6.67. The van der Waals surface area contributed by atoms with Gasteiger partial charge in [0.05, 0.1) is 11.3 Å². The molecule has 1 aliphatic rings. The van der Waals surface area contributed by atoms with Gasteiger partial charge in [-0.05, 0) is 26.7 Å². The number of aryl methyl sites for hydroxylation is 2. The predicted molar refractivity (Wildman–Crippen MR) is 92.5 cm³/mol. The number of imidazole rings is 1. The Labute approximate surface area is 144 Å². The maximum absolute atomic E-state index is 12.7. The Bertz CT molecular complexity index is 885. The van der Waals surface area contributed by atoms with Crippen LogP contribution in [0.4, 0.5) is 0 Å². The van der Waals surface area contributed by atoms with Gasteiger partial charge < -0.3 is 4.90 Å². The van der Waals surface area contributed by atoms with Crippen LogP contribution in [0.3, 0.4) is 0 Å². The van der Waals surface area contributed by atoms with Gasteiger partial charge in [0.2, 0.25) is 0 Å². The zero-order valence-electron chi connectivity index (χ0n) is 13.8. The van der Waals surface area contributed by atoms with Gasteiger partial charge in [-0.3, -0.25) is 9.20 Å². The fourth-order valence-corrected chi connectivity index (χ4v) is 4.60. The maximum atomic E-state index is 12.7. The summed E-state index contributed by atoms with van der Waals surface area (Å²) in [6.45, 7) is 5.64. The van der Waals surface area contributed by atoms with Crippen LogP contribution in [0.2, 0.25) is 0 Å². The third-order valence-corrected chi connectivity index (χ3v) is 5.70. The molecule has 1 unspecified atom stereocenters. The van der Waals surface area contributed by atoms with Crippen LogP contribution < -0.4 is 0 Å². The van der Waals surface area contributed by atoms with Gasteiger partial charge in [0.1, 0.15) is 17.0 Å². The van der Waals surface area contributed by atoms with E-state index in [0.29, 0.717) is 12.1 Å². The fourth-order valence-electron chi connectivity index (χ4n) is 3.50. The van der Waals surface area contributed by atoms with Crippen molar-refractivity contribution in [3.63, 3.8) is 0 Å². The van der Waals surface area contributed by atoms with Gasteiger partial charge in [-0.15, -0.1) is 11.3 Å². The van der Waals surface area contributed by atoms with E-state index in [1.54, 1.807) is 23.7 Å². The number of nitrogens with zero attached hydrogens (tertiary/aromatic N) is 5. The third kappa shape index (κ3) is 2.49. The Kier molecular flexibility index (Phi) is 3.80. The molecule has 4 heterocycles. The topological polar surface area (TPSA) is 63.4 Å². The van der Waals surface area contributed by atoms with Crippen molar-refractivity contribution in [2.75, 3.05) is 13.1 Å². The van der Waals surface area contributed by atoms with Gasteiger partial charge in [-0.1, -0.05) is 0 Å². The third-order valence-electron chi connectivity index (χ3n) is 4.62. The molecule has 0 bridgehead atoms. The summed E-state index contributed by atoms with van der Waals surface area (Å²) in [4.78, 5) is 28.5. The number of carbonyl (C=O) groups is 1. The quantitative estimate of drug-likeness (QED) is 0.719. The van der Waals surface area contributed by atoms with Gasteiger partial charge in [0.15, 0.2) is 0 Å². The van der Waals surface area contributed by atoms with Gasteiger partial charge in [0.25, 0.3) is 5.91 Å². The lowest BCUT2D eigenvalue weighted by Gasteiger charge is -2.32. The molecule has 124 valence electrons. The highest BCUT2D eigenvalue weighted by atomic mass is 32.1. The van der Waals surface area contributed by atoms with E-state index >= 15 is 0 Å². The summed E-state index contributed by atoms with van der Waals surface area (Å²) in [7, 11) is 0. The van der Waals surface area contributed by atoms with Crippen molar-refractivity contribution < 1.29 is 4.79 Å². The lowest BCUT2D eigenvalue weighted by atomic mass is 9.95. The minimum atomic E-state index is 0.00911. The Balaban J connectivity index is 1.62. The summed E-state index contributed by atoms with van der Waals surface area (Å²) in [5, 5.41) is 2.17. The first kappa shape index (κ1) is 15.3. The molecule has 0 saturated carbocycles. The van der Waals surface area contributed by atoms with Crippen molar-refractivity contribution in [2.45, 2.75) is 32.6 Å². The first-order chi connectivity index (χ1) is 11.6. The van der Waals surface area contributed by atoms with E-state index in [1.807, 2.05) is 11.8 Å². The van der Waals surface area contributed by atoms with E-state index < -0.39 is 0 Å². The van der Waals surface area contributed by atoms with Crippen molar-refractivity contribution in [1.29, 1.82) is 0 Å². The monoisotopic (exact) mass is 341 g/mol. The number of hydrogen-bond donors (Lipinski definition) is 0. The van der Waals surface area contributed by atoms with Crippen molar-refractivity contribution in [3.8, 4) is 0 Å². The minimum absolute atomic E-state index is 0.00911. The molecular weight excluding hydrogens is 322 g/mol. The molecule has 1 saturated heterocycles. The average Bonchev–Trinajstić information content (AvgIpc) is 3.16. The number of fused-ring (bicyclic) bond motifs is 1. The molecule has 0 aliphatic carbocycles. The standard InChI is InChI=1S/C17H19N5OS/c1-11-9-24-17-15(20-12(2)22(11)17)13-4-3-5-21(8-13)16(23)14-6-18-10-19-7-14/h6-7,9-10,13H,3-5,8H2,1-2H3. The van der Waals surface area contributed by atoms with Crippen LogP contribution in [0.1, 0.15) is 46.3 Å². The predicted octanol–water partition coefficient (Wildman–Crippen LogP) is 2.82. The van der Waals surface area contributed by atoms with Crippen LogP contribution in [0.25, 0.3) is 4.83 Å². The Morgan fingerprint density at radius 2 is 2.08 bits per heavy atom. The molecule has 1 amide bonds. The number of likely N-dealkylation sites (tertiary alicyclic amines) is 1. The first-order valence-corrected chi connectivity index (χ1v) is 9.00. The molecule has 24 heavy (non-hydrogen) atoms. The van der Waals surface area contributed by atoms with E-state index in [-0.39, 0.29) is 11.8 Å². The van der Waals surface area contributed by atoms with Crippen LogP contribution in [-0.2, 0) is 0 Å². The van der Waals surface area contributed by atoms with Crippen molar-refractivity contribution >= 4 is 22.1 Å². The lowest BCUT2D eigenvalue weighted by molar-refractivity contribution is 0.0705. The van der Waals surface area contributed by atoms with Crippen molar-refractivity contribution in [3.05, 3.63) is 46.9 Å². The fraction of sp³-hybridized carbons (Fsp3) is 0.412. The number of hydrogen-bond acceptors (Lipinski definition) is 5. The highest BCUT2D eigenvalue weighted by molar-refractivity contribution is 7.15. The molecule has 1 atom stereocenters. The van der Waals surface area contributed by atoms with Crippen molar-refractivity contribution in [1.82, 2.24) is 24.3 Å². The van der Waals surface area contributed by atoms with E-state index in [9.17, 15) is 4.79 Å². The summed E-state index contributed by atoms with van der Waals surface area (Å²) in [6, 6.07) is 0. The first-order valence-electron chi connectivity index (χ1n) is 8.12. The van der Waals surface area contributed by atoms with Crippen LogP contribution in [0.15, 0.2) is 24.1 Å². The van der Waals surface area contributed by atoms with Gasteiger partial charge in [0, 0.05) is 42.5 Å². The summed E-state index contributed by atoms with van der Waals surface area (Å²) < 4.78 is 2.21. The number of piperidine rings is 1. The van der Waals surface area contributed by atoms with Crippen LogP contribution >= 0.6 is 11.3 Å². The number of thiazole rings is 1. The van der Waals surface area contributed by atoms with Crippen LogP contribution in [0.5, 0.6) is 0 Å². The maximum Gasteiger partial charge on any atom is 0.257 e. The normalized spacial score (nSPS) is 18.2. The molecule has 4 rings (SSSR count). The van der Waals surface area contributed by atoms with Gasteiger partial charge in [-0.2, -0.15) is 0 Å². The number of rotatable bonds is 2. The Hall–Kier alpha value is -2.28. The summed E-state index contributed by atoms with van der Waals surface area (Å²) >= 11 is 1.74. The summed E-state index contributed by atoms with van der Waals surface area (Å²) in [5.41, 5.74) is 2.90. The molecule has 3 aromatic rings.